The van der Waals surface area contributed by atoms with E-state index in [1.54, 1.807) is 18.2 Å². The molecule has 1 heterocycles. The molecule has 2 aromatic carbocycles. The molecule has 0 saturated carbocycles. The zero-order chi connectivity index (χ0) is 17.3. The van der Waals surface area contributed by atoms with Crippen LogP contribution < -0.4 is 4.90 Å². The molecule has 1 atom stereocenters. The molecule has 0 spiro atoms. The molecule has 0 aliphatic carbocycles. The molecule has 4 nitrogen and oxygen atoms in total. The van der Waals surface area contributed by atoms with Crippen molar-refractivity contribution in [1.29, 1.82) is 0 Å². The highest BCUT2D eigenvalue weighted by Crippen LogP contribution is 2.26. The van der Waals surface area contributed by atoms with Gasteiger partial charge in [0.25, 0.3) is 5.91 Å². The zero-order valence-electron chi connectivity index (χ0n) is 12.4. The molecular formula is C17H13ClFNO3S. The summed E-state index contributed by atoms with van der Waals surface area (Å²) in [4.78, 5) is 14.3. The van der Waals surface area contributed by atoms with Crippen molar-refractivity contribution in [1.82, 2.24) is 0 Å². The molecule has 1 amide bonds. The highest BCUT2D eigenvalue weighted by Gasteiger charge is 2.32. The highest BCUT2D eigenvalue weighted by atomic mass is 35.5. The lowest BCUT2D eigenvalue weighted by Crippen LogP contribution is -2.41. The Morgan fingerprint density at radius 3 is 2.46 bits per heavy atom. The van der Waals surface area contributed by atoms with E-state index in [0.717, 1.165) is 5.41 Å². The third kappa shape index (κ3) is 3.49. The number of anilines is 1. The van der Waals surface area contributed by atoms with Gasteiger partial charge in [0, 0.05) is 21.7 Å². The number of hydrogen-bond donors (Lipinski definition) is 0. The molecule has 0 fully saturated rings. The first-order valence-electron chi connectivity index (χ1n) is 7.11. The third-order valence-corrected chi connectivity index (χ3v) is 5.25. The molecule has 1 aliphatic heterocycles. The van der Waals surface area contributed by atoms with E-state index in [9.17, 15) is 17.6 Å². The molecule has 7 heteroatoms. The number of sulfone groups is 1. The fourth-order valence-corrected chi connectivity index (χ4v) is 4.00. The van der Waals surface area contributed by atoms with E-state index >= 15 is 0 Å². The average molecular weight is 366 g/mol. The van der Waals surface area contributed by atoms with Gasteiger partial charge in [-0.25, -0.2) is 12.8 Å². The number of carbonyl (C=O) groups is 1. The Morgan fingerprint density at radius 2 is 1.88 bits per heavy atom. The maximum atomic E-state index is 13.2. The average Bonchev–Trinajstić information content (AvgIpc) is 2.89. The molecular weight excluding hydrogens is 353 g/mol. The van der Waals surface area contributed by atoms with Gasteiger partial charge in [0.1, 0.15) is 5.82 Å². The van der Waals surface area contributed by atoms with E-state index in [4.69, 9.17) is 11.6 Å². The lowest BCUT2D eigenvalue weighted by molar-refractivity contribution is 0.0983. The van der Waals surface area contributed by atoms with Crippen LogP contribution >= 0.6 is 11.6 Å². The van der Waals surface area contributed by atoms with Gasteiger partial charge in [0.05, 0.1) is 11.8 Å². The Morgan fingerprint density at radius 1 is 1.17 bits per heavy atom. The van der Waals surface area contributed by atoms with Gasteiger partial charge >= 0.3 is 0 Å². The molecule has 1 aliphatic rings. The SMILES string of the molecule is O=C(c1cccc(Cl)c1)N(c1ccc(F)cc1)C1C=CS(=O)(=O)C1. The number of hydrogen-bond acceptors (Lipinski definition) is 3. The molecule has 1 unspecified atom stereocenters. The summed E-state index contributed by atoms with van der Waals surface area (Å²) in [5, 5.41) is 1.49. The Kier molecular flexibility index (Phi) is 4.43. The van der Waals surface area contributed by atoms with Crippen LogP contribution in [-0.2, 0) is 9.84 Å². The quantitative estimate of drug-likeness (QED) is 0.837. The second-order valence-corrected chi connectivity index (χ2v) is 7.75. The van der Waals surface area contributed by atoms with Crippen molar-refractivity contribution >= 4 is 33.0 Å². The van der Waals surface area contributed by atoms with Gasteiger partial charge in [0.15, 0.2) is 9.84 Å². The largest absolute Gasteiger partial charge is 0.300 e. The summed E-state index contributed by atoms with van der Waals surface area (Å²) < 4.78 is 36.7. The van der Waals surface area contributed by atoms with Gasteiger partial charge in [-0.2, -0.15) is 0 Å². The Labute approximate surface area is 144 Å². The van der Waals surface area contributed by atoms with Crippen molar-refractivity contribution in [2.24, 2.45) is 0 Å². The van der Waals surface area contributed by atoms with E-state index in [0.29, 0.717) is 16.3 Å². The summed E-state index contributed by atoms with van der Waals surface area (Å²) in [6.07, 6.45) is 1.46. The number of halogens is 2. The normalized spacial score (nSPS) is 18.5. The molecule has 2 aromatic rings. The minimum atomic E-state index is -3.36. The van der Waals surface area contributed by atoms with Crippen LogP contribution in [-0.4, -0.2) is 26.1 Å². The standard InChI is InChI=1S/C17H13ClFNO3S/c18-13-3-1-2-12(10-13)17(21)20(15-6-4-14(19)5-7-15)16-8-9-24(22,23)11-16/h1-10,16H,11H2. The van der Waals surface area contributed by atoms with Crippen molar-refractivity contribution < 1.29 is 17.6 Å². The lowest BCUT2D eigenvalue weighted by Gasteiger charge is -2.28. The summed E-state index contributed by atoms with van der Waals surface area (Å²) in [5.41, 5.74) is 0.734. The Balaban J connectivity index is 2.03. The van der Waals surface area contributed by atoms with Crippen molar-refractivity contribution in [3.05, 3.63) is 76.4 Å². The second kappa shape index (κ2) is 6.37. The number of nitrogens with zero attached hydrogens (tertiary/aromatic N) is 1. The van der Waals surface area contributed by atoms with Gasteiger partial charge in [-0.15, -0.1) is 0 Å². The number of amides is 1. The third-order valence-electron chi connectivity index (χ3n) is 3.64. The van der Waals surface area contributed by atoms with Crippen LogP contribution in [0, 0.1) is 5.82 Å². The van der Waals surface area contributed by atoms with Crippen molar-refractivity contribution in [3.8, 4) is 0 Å². The monoisotopic (exact) mass is 365 g/mol. The van der Waals surface area contributed by atoms with Crippen LogP contribution in [0.1, 0.15) is 10.4 Å². The Hall–Kier alpha value is -2.18. The molecule has 0 saturated heterocycles. The van der Waals surface area contributed by atoms with Crippen LogP contribution in [0.3, 0.4) is 0 Å². The van der Waals surface area contributed by atoms with Crippen molar-refractivity contribution in [2.75, 3.05) is 10.7 Å². The summed E-state index contributed by atoms with van der Waals surface area (Å²) in [7, 11) is -3.36. The predicted molar refractivity (Wildman–Crippen MR) is 91.4 cm³/mol. The molecule has 124 valence electrons. The maximum absolute atomic E-state index is 13.2. The smallest absolute Gasteiger partial charge is 0.258 e. The van der Waals surface area contributed by atoms with Crippen LogP contribution in [0.15, 0.2) is 60.0 Å². The molecule has 0 N–H and O–H groups in total. The first-order valence-corrected chi connectivity index (χ1v) is 9.21. The van der Waals surface area contributed by atoms with Crippen molar-refractivity contribution in [3.63, 3.8) is 0 Å². The molecule has 24 heavy (non-hydrogen) atoms. The molecule has 0 aromatic heterocycles. The first kappa shape index (κ1) is 16.7. The van der Waals surface area contributed by atoms with Crippen LogP contribution in [0.25, 0.3) is 0 Å². The number of benzene rings is 2. The summed E-state index contributed by atoms with van der Waals surface area (Å²) in [6, 6.07) is 11.0. The fourth-order valence-electron chi connectivity index (χ4n) is 2.54. The van der Waals surface area contributed by atoms with Gasteiger partial charge in [-0.05, 0) is 48.5 Å². The molecule has 0 radical (unpaired) electrons. The summed E-state index contributed by atoms with van der Waals surface area (Å²) in [6.45, 7) is 0. The predicted octanol–water partition coefficient (Wildman–Crippen LogP) is 3.44. The number of carbonyl (C=O) groups excluding carboxylic acids is 1. The van der Waals surface area contributed by atoms with Gasteiger partial charge in [0.2, 0.25) is 0 Å². The van der Waals surface area contributed by atoms with Gasteiger partial charge in [-0.1, -0.05) is 17.7 Å². The topological polar surface area (TPSA) is 54.5 Å². The highest BCUT2D eigenvalue weighted by molar-refractivity contribution is 7.94. The van der Waals surface area contributed by atoms with Gasteiger partial charge in [-0.3, -0.25) is 4.79 Å². The first-order chi connectivity index (χ1) is 11.4. The fraction of sp³-hybridized carbons (Fsp3) is 0.118. The number of rotatable bonds is 3. The lowest BCUT2D eigenvalue weighted by atomic mass is 10.1. The van der Waals surface area contributed by atoms with Crippen LogP contribution in [0.4, 0.5) is 10.1 Å². The van der Waals surface area contributed by atoms with Crippen LogP contribution in [0.2, 0.25) is 5.02 Å². The van der Waals surface area contributed by atoms with Crippen LogP contribution in [0.5, 0.6) is 0 Å². The summed E-state index contributed by atoms with van der Waals surface area (Å²) in [5.74, 6) is -1.06. The van der Waals surface area contributed by atoms with E-state index < -0.39 is 27.6 Å². The van der Waals surface area contributed by atoms with E-state index in [1.165, 1.54) is 41.3 Å². The maximum Gasteiger partial charge on any atom is 0.258 e. The Bertz CT molecular complexity index is 910. The second-order valence-electron chi connectivity index (χ2n) is 5.39. The van der Waals surface area contributed by atoms with E-state index in [2.05, 4.69) is 0 Å². The molecule has 0 bridgehead atoms. The minimum Gasteiger partial charge on any atom is -0.300 e. The molecule has 3 rings (SSSR count). The van der Waals surface area contributed by atoms with E-state index in [-0.39, 0.29) is 5.75 Å². The van der Waals surface area contributed by atoms with Crippen molar-refractivity contribution in [2.45, 2.75) is 6.04 Å². The van der Waals surface area contributed by atoms with E-state index in [1.807, 2.05) is 0 Å². The van der Waals surface area contributed by atoms with Gasteiger partial charge < -0.3 is 4.90 Å². The zero-order valence-corrected chi connectivity index (χ0v) is 14.0. The minimum absolute atomic E-state index is 0.212. The summed E-state index contributed by atoms with van der Waals surface area (Å²) >= 11 is 5.94.